The molecule has 2 amide bonds. The Morgan fingerprint density at radius 2 is 2.50 bits per heavy atom. The second-order valence-corrected chi connectivity index (χ2v) is 3.16. The van der Waals surface area contributed by atoms with Crippen molar-refractivity contribution in [3.05, 3.63) is 18.2 Å². The first kappa shape index (κ1) is 10.6. The maximum Gasteiger partial charge on any atom is 0.317 e. The molecule has 1 heterocycles. The Bertz CT molecular complexity index is 283. The molecule has 78 valence electrons. The zero-order valence-corrected chi connectivity index (χ0v) is 8.74. The molecular weight excluding hydrogens is 180 g/mol. The number of H-pyrrole nitrogens is 1. The quantitative estimate of drug-likeness (QED) is 0.761. The fraction of sp³-hybridized carbons (Fsp3) is 0.556. The number of hydrogen-bond acceptors (Lipinski definition) is 2. The number of nitrogens with one attached hydrogen (secondary N) is 2. The molecule has 1 aromatic rings. The van der Waals surface area contributed by atoms with Crippen molar-refractivity contribution in [3.63, 3.8) is 0 Å². The largest absolute Gasteiger partial charge is 0.347 e. The van der Waals surface area contributed by atoms with Gasteiger partial charge in [0.15, 0.2) is 0 Å². The van der Waals surface area contributed by atoms with Gasteiger partial charge in [0.05, 0.1) is 6.04 Å². The van der Waals surface area contributed by atoms with Crippen molar-refractivity contribution < 1.29 is 4.79 Å². The number of carbonyl (C=O) groups is 1. The smallest absolute Gasteiger partial charge is 0.317 e. The van der Waals surface area contributed by atoms with Gasteiger partial charge >= 0.3 is 6.03 Å². The van der Waals surface area contributed by atoms with Gasteiger partial charge in [-0.25, -0.2) is 9.78 Å². The summed E-state index contributed by atoms with van der Waals surface area (Å²) in [5.74, 6) is 0.767. The molecule has 2 N–H and O–H groups in total. The van der Waals surface area contributed by atoms with E-state index in [9.17, 15) is 4.79 Å². The molecule has 1 aromatic heterocycles. The van der Waals surface area contributed by atoms with E-state index in [4.69, 9.17) is 0 Å². The number of imidazole rings is 1. The van der Waals surface area contributed by atoms with Gasteiger partial charge in [0.2, 0.25) is 0 Å². The molecule has 0 aliphatic rings. The van der Waals surface area contributed by atoms with Gasteiger partial charge in [0, 0.05) is 26.0 Å². The topological polar surface area (TPSA) is 61.0 Å². The zero-order valence-electron chi connectivity index (χ0n) is 8.74. The first-order valence-corrected chi connectivity index (χ1v) is 4.66. The minimum Gasteiger partial charge on any atom is -0.347 e. The van der Waals surface area contributed by atoms with Gasteiger partial charge in [-0.1, -0.05) is 0 Å². The van der Waals surface area contributed by atoms with Crippen LogP contribution in [0.25, 0.3) is 0 Å². The van der Waals surface area contributed by atoms with Crippen LogP contribution in [0.4, 0.5) is 4.79 Å². The highest BCUT2D eigenvalue weighted by Crippen LogP contribution is 2.05. The molecule has 0 aliphatic carbocycles. The van der Waals surface area contributed by atoms with Crippen LogP contribution in [0, 0.1) is 0 Å². The minimum absolute atomic E-state index is 0.0867. The lowest BCUT2D eigenvalue weighted by Gasteiger charge is -2.18. The summed E-state index contributed by atoms with van der Waals surface area (Å²) in [4.78, 5) is 20.1. The van der Waals surface area contributed by atoms with E-state index < -0.39 is 0 Å². The van der Waals surface area contributed by atoms with Crippen LogP contribution in [0.15, 0.2) is 12.4 Å². The number of rotatable bonds is 3. The summed E-state index contributed by atoms with van der Waals surface area (Å²) in [7, 11) is 1.75. The Hall–Kier alpha value is -1.52. The number of aromatic amines is 1. The molecule has 5 heteroatoms. The van der Waals surface area contributed by atoms with Gasteiger partial charge in [-0.15, -0.1) is 0 Å². The van der Waals surface area contributed by atoms with E-state index in [1.54, 1.807) is 24.3 Å². The number of amides is 2. The molecule has 0 spiro atoms. The molecule has 0 aliphatic heterocycles. The van der Waals surface area contributed by atoms with Crippen molar-refractivity contribution in [2.45, 2.75) is 19.9 Å². The monoisotopic (exact) mass is 196 g/mol. The maximum atomic E-state index is 11.5. The second-order valence-electron chi connectivity index (χ2n) is 3.16. The minimum atomic E-state index is -0.0912. The van der Waals surface area contributed by atoms with Crippen molar-refractivity contribution in [2.24, 2.45) is 0 Å². The Labute approximate surface area is 83.5 Å². The third-order valence-corrected chi connectivity index (χ3v) is 2.09. The van der Waals surface area contributed by atoms with Crippen LogP contribution in [0.1, 0.15) is 25.7 Å². The Morgan fingerprint density at radius 3 is 3.00 bits per heavy atom. The molecule has 1 unspecified atom stereocenters. The number of carbonyl (C=O) groups excluding carboxylic acids is 1. The Balaban J connectivity index is 2.49. The molecule has 0 aromatic carbocycles. The second kappa shape index (κ2) is 4.64. The van der Waals surface area contributed by atoms with E-state index in [-0.39, 0.29) is 12.1 Å². The van der Waals surface area contributed by atoms with Crippen molar-refractivity contribution >= 4 is 6.03 Å². The summed E-state index contributed by atoms with van der Waals surface area (Å²) in [6, 6.07) is -0.178. The summed E-state index contributed by atoms with van der Waals surface area (Å²) in [6.07, 6.45) is 3.41. The van der Waals surface area contributed by atoms with Crippen molar-refractivity contribution in [1.29, 1.82) is 0 Å². The number of nitrogens with zero attached hydrogens (tertiary/aromatic N) is 2. The molecule has 0 saturated carbocycles. The van der Waals surface area contributed by atoms with E-state index >= 15 is 0 Å². The third-order valence-electron chi connectivity index (χ3n) is 2.09. The predicted molar refractivity (Wildman–Crippen MR) is 53.8 cm³/mol. The summed E-state index contributed by atoms with van der Waals surface area (Å²) in [5, 5.41) is 2.83. The number of urea groups is 1. The highest BCUT2D eigenvalue weighted by molar-refractivity contribution is 5.74. The summed E-state index contributed by atoms with van der Waals surface area (Å²) < 4.78 is 0. The lowest BCUT2D eigenvalue weighted by molar-refractivity contribution is 0.207. The Morgan fingerprint density at radius 1 is 1.79 bits per heavy atom. The van der Waals surface area contributed by atoms with Gasteiger partial charge in [0.1, 0.15) is 5.82 Å². The third kappa shape index (κ3) is 2.48. The van der Waals surface area contributed by atoms with E-state index in [0.717, 1.165) is 5.82 Å². The zero-order chi connectivity index (χ0) is 10.6. The summed E-state index contributed by atoms with van der Waals surface area (Å²) in [6.45, 7) is 4.51. The predicted octanol–water partition coefficient (Wildman–Crippen LogP) is 1.13. The maximum absolute atomic E-state index is 11.5. The first-order valence-electron chi connectivity index (χ1n) is 4.66. The lowest BCUT2D eigenvalue weighted by Crippen LogP contribution is -2.38. The molecule has 14 heavy (non-hydrogen) atoms. The van der Waals surface area contributed by atoms with E-state index in [1.165, 1.54) is 0 Å². The van der Waals surface area contributed by atoms with Crippen LogP contribution in [0.2, 0.25) is 0 Å². The number of aromatic nitrogens is 2. The molecule has 0 fully saturated rings. The Kier molecular flexibility index (Phi) is 3.50. The van der Waals surface area contributed by atoms with Gasteiger partial charge < -0.3 is 15.2 Å². The van der Waals surface area contributed by atoms with Crippen LogP contribution in [0.3, 0.4) is 0 Å². The van der Waals surface area contributed by atoms with Crippen molar-refractivity contribution in [2.75, 3.05) is 13.6 Å². The van der Waals surface area contributed by atoms with Crippen LogP contribution >= 0.6 is 0 Å². The average Bonchev–Trinajstić information content (AvgIpc) is 2.69. The van der Waals surface area contributed by atoms with E-state index in [2.05, 4.69) is 15.3 Å². The normalized spacial score (nSPS) is 12.2. The van der Waals surface area contributed by atoms with Crippen molar-refractivity contribution in [1.82, 2.24) is 20.2 Å². The van der Waals surface area contributed by atoms with Crippen LogP contribution in [-0.4, -0.2) is 34.5 Å². The summed E-state index contributed by atoms with van der Waals surface area (Å²) in [5.41, 5.74) is 0. The van der Waals surface area contributed by atoms with Gasteiger partial charge in [-0.05, 0) is 13.8 Å². The van der Waals surface area contributed by atoms with Crippen LogP contribution in [-0.2, 0) is 0 Å². The highest BCUT2D eigenvalue weighted by atomic mass is 16.2. The SMILES string of the molecule is CCN(C)C(=O)NC(C)c1ncc[nH]1. The lowest BCUT2D eigenvalue weighted by atomic mass is 10.3. The highest BCUT2D eigenvalue weighted by Gasteiger charge is 2.12. The van der Waals surface area contributed by atoms with Gasteiger partial charge in [0.25, 0.3) is 0 Å². The van der Waals surface area contributed by atoms with E-state index in [0.29, 0.717) is 6.54 Å². The van der Waals surface area contributed by atoms with E-state index in [1.807, 2.05) is 13.8 Å². The molecular formula is C9H16N4O. The summed E-state index contributed by atoms with van der Waals surface area (Å²) >= 11 is 0. The fourth-order valence-corrected chi connectivity index (χ4v) is 1.02. The van der Waals surface area contributed by atoms with Crippen LogP contribution < -0.4 is 5.32 Å². The molecule has 1 rings (SSSR count). The molecule has 1 atom stereocenters. The van der Waals surface area contributed by atoms with Crippen molar-refractivity contribution in [3.8, 4) is 0 Å². The molecule has 0 radical (unpaired) electrons. The molecule has 0 bridgehead atoms. The molecule has 0 saturated heterocycles. The average molecular weight is 196 g/mol. The standard InChI is InChI=1S/C9H16N4O/c1-4-13(3)9(14)12-7(2)8-10-5-6-11-8/h5-7H,4H2,1-3H3,(H,10,11)(H,12,14). The fourth-order valence-electron chi connectivity index (χ4n) is 1.02. The van der Waals surface area contributed by atoms with Gasteiger partial charge in [-0.3, -0.25) is 0 Å². The first-order chi connectivity index (χ1) is 6.65. The molecule has 5 nitrogen and oxygen atoms in total. The van der Waals surface area contributed by atoms with Gasteiger partial charge in [-0.2, -0.15) is 0 Å². The number of hydrogen-bond donors (Lipinski definition) is 2. The van der Waals surface area contributed by atoms with Crippen LogP contribution in [0.5, 0.6) is 0 Å².